The van der Waals surface area contributed by atoms with Crippen LogP contribution in [0.2, 0.25) is 5.02 Å². The van der Waals surface area contributed by atoms with Gasteiger partial charge in [-0.3, -0.25) is 0 Å². The molecule has 0 amide bonds. The number of benzene rings is 1. The van der Waals surface area contributed by atoms with Gasteiger partial charge in [0.25, 0.3) is 0 Å². The normalized spacial score (nSPS) is 10.5. The largest absolute Gasteiger partial charge is 0.326 e. The molecular weight excluding hydrogens is 234 g/mol. The standard InChI is InChI=1S/C13H16ClN3/c1-2-3-8-17-9-7-15-13(17)16-12-6-4-5-11(14)10-12/h4-7,9-10H,2-3,8H2,1H3,(H,15,16). The monoisotopic (exact) mass is 249 g/mol. The van der Waals surface area contributed by atoms with Crippen molar-refractivity contribution in [1.82, 2.24) is 9.55 Å². The predicted octanol–water partition coefficient (Wildman–Crippen LogP) is 4.08. The number of imidazole rings is 1. The summed E-state index contributed by atoms with van der Waals surface area (Å²) in [4.78, 5) is 4.30. The highest BCUT2D eigenvalue weighted by Crippen LogP contribution is 2.19. The molecule has 2 aromatic rings. The van der Waals surface area contributed by atoms with E-state index in [-0.39, 0.29) is 0 Å². The zero-order valence-electron chi connectivity index (χ0n) is 9.86. The van der Waals surface area contributed by atoms with Crippen LogP contribution in [0.3, 0.4) is 0 Å². The number of nitrogens with zero attached hydrogens (tertiary/aromatic N) is 2. The molecule has 90 valence electrons. The SMILES string of the molecule is CCCCn1ccnc1Nc1cccc(Cl)c1. The number of halogens is 1. The Balaban J connectivity index is 2.10. The van der Waals surface area contributed by atoms with Gasteiger partial charge in [-0.1, -0.05) is 31.0 Å². The average molecular weight is 250 g/mol. The Morgan fingerprint density at radius 3 is 3.06 bits per heavy atom. The fourth-order valence-electron chi connectivity index (χ4n) is 1.64. The van der Waals surface area contributed by atoms with Crippen LogP contribution in [0.4, 0.5) is 11.6 Å². The molecular formula is C13H16ClN3. The summed E-state index contributed by atoms with van der Waals surface area (Å²) >= 11 is 5.94. The fraction of sp³-hybridized carbons (Fsp3) is 0.308. The molecule has 0 radical (unpaired) electrons. The Morgan fingerprint density at radius 2 is 2.29 bits per heavy atom. The van der Waals surface area contributed by atoms with Crippen LogP contribution in [0, 0.1) is 0 Å². The van der Waals surface area contributed by atoms with E-state index in [0.29, 0.717) is 0 Å². The number of aryl methyl sites for hydroxylation is 1. The Labute approximate surface area is 106 Å². The summed E-state index contributed by atoms with van der Waals surface area (Å²) in [6.45, 7) is 3.17. The minimum atomic E-state index is 0.724. The molecule has 0 atom stereocenters. The van der Waals surface area contributed by atoms with Crippen molar-refractivity contribution >= 4 is 23.2 Å². The van der Waals surface area contributed by atoms with Crippen molar-refractivity contribution in [1.29, 1.82) is 0 Å². The lowest BCUT2D eigenvalue weighted by Gasteiger charge is -2.09. The van der Waals surface area contributed by atoms with E-state index in [1.54, 1.807) is 0 Å². The molecule has 0 fully saturated rings. The first-order valence-electron chi connectivity index (χ1n) is 5.83. The topological polar surface area (TPSA) is 29.9 Å². The fourth-order valence-corrected chi connectivity index (χ4v) is 1.83. The molecule has 0 aliphatic carbocycles. The first-order valence-corrected chi connectivity index (χ1v) is 6.21. The third-order valence-corrected chi connectivity index (χ3v) is 2.78. The number of nitrogens with one attached hydrogen (secondary N) is 1. The van der Waals surface area contributed by atoms with Crippen LogP contribution < -0.4 is 5.32 Å². The van der Waals surface area contributed by atoms with Gasteiger partial charge in [0.15, 0.2) is 0 Å². The third kappa shape index (κ3) is 3.24. The summed E-state index contributed by atoms with van der Waals surface area (Å²) in [7, 11) is 0. The van der Waals surface area contributed by atoms with Crippen LogP contribution in [0.25, 0.3) is 0 Å². The Bertz CT molecular complexity index is 479. The molecule has 3 nitrogen and oxygen atoms in total. The van der Waals surface area contributed by atoms with Gasteiger partial charge in [-0.15, -0.1) is 0 Å². The highest BCUT2D eigenvalue weighted by molar-refractivity contribution is 6.30. The highest BCUT2D eigenvalue weighted by Gasteiger charge is 2.02. The molecule has 1 aromatic heterocycles. The van der Waals surface area contributed by atoms with Crippen molar-refractivity contribution in [3.05, 3.63) is 41.7 Å². The lowest BCUT2D eigenvalue weighted by Crippen LogP contribution is -2.03. The van der Waals surface area contributed by atoms with Gasteiger partial charge in [0.2, 0.25) is 5.95 Å². The number of rotatable bonds is 5. The smallest absolute Gasteiger partial charge is 0.207 e. The number of anilines is 2. The quantitative estimate of drug-likeness (QED) is 0.865. The van der Waals surface area contributed by atoms with E-state index in [2.05, 4.69) is 21.8 Å². The van der Waals surface area contributed by atoms with Crippen LogP contribution in [-0.2, 0) is 6.54 Å². The van der Waals surface area contributed by atoms with Crippen LogP contribution in [0.5, 0.6) is 0 Å². The lowest BCUT2D eigenvalue weighted by atomic mass is 10.3. The van der Waals surface area contributed by atoms with Gasteiger partial charge in [0.1, 0.15) is 0 Å². The Morgan fingerprint density at radius 1 is 1.41 bits per heavy atom. The molecule has 0 aliphatic heterocycles. The second kappa shape index (κ2) is 5.73. The molecule has 1 aromatic carbocycles. The molecule has 17 heavy (non-hydrogen) atoms. The molecule has 0 saturated carbocycles. The first kappa shape index (κ1) is 12.0. The van der Waals surface area contributed by atoms with Gasteiger partial charge in [-0.2, -0.15) is 0 Å². The summed E-state index contributed by atoms with van der Waals surface area (Å²) in [6, 6.07) is 7.64. The molecule has 0 spiro atoms. The molecule has 2 rings (SSSR count). The minimum absolute atomic E-state index is 0.724. The first-order chi connectivity index (χ1) is 8.29. The van der Waals surface area contributed by atoms with E-state index in [4.69, 9.17) is 11.6 Å². The number of hydrogen-bond donors (Lipinski definition) is 1. The Hall–Kier alpha value is -1.48. The second-order valence-electron chi connectivity index (χ2n) is 3.93. The summed E-state index contributed by atoms with van der Waals surface area (Å²) in [5.41, 5.74) is 0.960. The van der Waals surface area contributed by atoms with Gasteiger partial charge in [-0.05, 0) is 24.6 Å². The van der Waals surface area contributed by atoms with Crippen LogP contribution in [0.15, 0.2) is 36.7 Å². The molecule has 4 heteroatoms. The van der Waals surface area contributed by atoms with E-state index in [9.17, 15) is 0 Å². The molecule has 1 heterocycles. The van der Waals surface area contributed by atoms with Crippen LogP contribution in [-0.4, -0.2) is 9.55 Å². The van der Waals surface area contributed by atoms with Crippen molar-refractivity contribution in [3.63, 3.8) is 0 Å². The average Bonchev–Trinajstić information content (AvgIpc) is 2.74. The van der Waals surface area contributed by atoms with E-state index in [1.165, 1.54) is 6.42 Å². The molecule has 1 N–H and O–H groups in total. The minimum Gasteiger partial charge on any atom is -0.326 e. The molecule has 0 bridgehead atoms. The van der Waals surface area contributed by atoms with Gasteiger partial charge in [0, 0.05) is 29.6 Å². The summed E-state index contributed by atoms with van der Waals surface area (Å²) in [5.74, 6) is 0.862. The van der Waals surface area contributed by atoms with Crippen molar-refractivity contribution in [3.8, 4) is 0 Å². The predicted molar refractivity (Wildman–Crippen MR) is 71.9 cm³/mol. The number of aromatic nitrogens is 2. The number of hydrogen-bond acceptors (Lipinski definition) is 2. The molecule has 0 aliphatic rings. The maximum Gasteiger partial charge on any atom is 0.207 e. The second-order valence-corrected chi connectivity index (χ2v) is 4.37. The van der Waals surface area contributed by atoms with E-state index >= 15 is 0 Å². The zero-order chi connectivity index (χ0) is 12.1. The summed E-state index contributed by atoms with van der Waals surface area (Å²) < 4.78 is 2.12. The van der Waals surface area contributed by atoms with E-state index in [0.717, 1.165) is 29.6 Å². The van der Waals surface area contributed by atoms with Gasteiger partial charge < -0.3 is 9.88 Å². The maximum absolute atomic E-state index is 5.94. The van der Waals surface area contributed by atoms with E-state index in [1.807, 2.05) is 36.7 Å². The third-order valence-electron chi connectivity index (χ3n) is 2.55. The van der Waals surface area contributed by atoms with Crippen LogP contribution in [0.1, 0.15) is 19.8 Å². The van der Waals surface area contributed by atoms with Gasteiger partial charge >= 0.3 is 0 Å². The van der Waals surface area contributed by atoms with Crippen LogP contribution >= 0.6 is 11.6 Å². The summed E-state index contributed by atoms with van der Waals surface area (Å²) in [5, 5.41) is 3.99. The van der Waals surface area contributed by atoms with Gasteiger partial charge in [0.05, 0.1) is 0 Å². The van der Waals surface area contributed by atoms with Crippen molar-refractivity contribution in [2.45, 2.75) is 26.3 Å². The molecule has 0 unspecified atom stereocenters. The van der Waals surface area contributed by atoms with Crippen molar-refractivity contribution in [2.75, 3.05) is 5.32 Å². The lowest BCUT2D eigenvalue weighted by molar-refractivity contribution is 0.638. The molecule has 0 saturated heterocycles. The van der Waals surface area contributed by atoms with Crippen molar-refractivity contribution < 1.29 is 0 Å². The number of unbranched alkanes of at least 4 members (excludes halogenated alkanes) is 1. The summed E-state index contributed by atoms with van der Waals surface area (Å²) in [6.07, 6.45) is 6.13. The maximum atomic E-state index is 5.94. The zero-order valence-corrected chi connectivity index (χ0v) is 10.6. The van der Waals surface area contributed by atoms with Gasteiger partial charge in [-0.25, -0.2) is 4.98 Å². The Kier molecular flexibility index (Phi) is 4.04. The highest BCUT2D eigenvalue weighted by atomic mass is 35.5. The van der Waals surface area contributed by atoms with Crippen molar-refractivity contribution in [2.24, 2.45) is 0 Å². The van der Waals surface area contributed by atoms with E-state index < -0.39 is 0 Å².